The van der Waals surface area contributed by atoms with Crippen molar-refractivity contribution < 1.29 is 28.5 Å². The molecule has 0 saturated carbocycles. The molecule has 0 spiro atoms. The molecule has 112 valence electrons. The van der Waals surface area contributed by atoms with Crippen LogP contribution >= 0.6 is 0 Å². The number of benzene rings is 1. The third kappa shape index (κ3) is 4.14. The van der Waals surface area contributed by atoms with Crippen LogP contribution in [0.4, 0.5) is 14.5 Å². The molecule has 0 saturated heterocycles. The summed E-state index contributed by atoms with van der Waals surface area (Å²) < 4.78 is 31.9. The van der Waals surface area contributed by atoms with Crippen LogP contribution in [0.1, 0.15) is 23.7 Å². The van der Waals surface area contributed by atoms with Crippen LogP contribution in [0.2, 0.25) is 0 Å². The summed E-state index contributed by atoms with van der Waals surface area (Å²) in [5.74, 6) is -4.26. The third-order valence-corrected chi connectivity index (χ3v) is 2.82. The molecule has 5 nitrogen and oxygen atoms in total. The molecule has 20 heavy (non-hydrogen) atoms. The molecule has 1 unspecified atom stereocenters. The molecule has 3 N–H and O–H groups in total. The molecule has 1 atom stereocenters. The highest BCUT2D eigenvalue weighted by Gasteiger charge is 2.22. The lowest BCUT2D eigenvalue weighted by Crippen LogP contribution is -2.35. The van der Waals surface area contributed by atoms with Gasteiger partial charge in [0.2, 0.25) is 0 Å². The van der Waals surface area contributed by atoms with Gasteiger partial charge in [-0.25, -0.2) is 13.6 Å². The van der Waals surface area contributed by atoms with E-state index in [0.717, 1.165) is 12.1 Å². The summed E-state index contributed by atoms with van der Waals surface area (Å²) in [6, 6.07) is 2.08. The van der Waals surface area contributed by atoms with E-state index in [2.05, 4.69) is 5.32 Å². The highest BCUT2D eigenvalue weighted by atomic mass is 19.2. The van der Waals surface area contributed by atoms with E-state index in [4.69, 9.17) is 9.84 Å². The van der Waals surface area contributed by atoms with Gasteiger partial charge < -0.3 is 20.3 Å². The summed E-state index contributed by atoms with van der Waals surface area (Å²) >= 11 is 0. The zero-order valence-electron chi connectivity index (χ0n) is 11.2. The van der Waals surface area contributed by atoms with Crippen LogP contribution in [0.3, 0.4) is 0 Å². The van der Waals surface area contributed by atoms with Gasteiger partial charge in [-0.2, -0.15) is 0 Å². The second-order valence-corrected chi connectivity index (χ2v) is 4.69. The number of anilines is 1. The van der Waals surface area contributed by atoms with E-state index >= 15 is 0 Å². The van der Waals surface area contributed by atoms with Crippen LogP contribution in [0, 0.1) is 11.6 Å². The fourth-order valence-corrected chi connectivity index (χ4v) is 1.55. The fraction of sp³-hybridized carbons (Fsp3) is 0.462. The number of carbonyl (C=O) groups is 1. The maximum atomic E-state index is 13.6. The number of halogens is 2. The second kappa shape index (κ2) is 6.62. The minimum atomic E-state index is -1.54. The Bertz CT molecular complexity index is 492. The van der Waals surface area contributed by atoms with Crippen LogP contribution in [-0.4, -0.2) is 42.0 Å². The van der Waals surface area contributed by atoms with Crippen molar-refractivity contribution in [3.63, 3.8) is 0 Å². The number of hydrogen-bond donors (Lipinski definition) is 3. The summed E-state index contributed by atoms with van der Waals surface area (Å²) in [4.78, 5) is 10.6. The van der Waals surface area contributed by atoms with E-state index in [1.165, 1.54) is 14.0 Å². The molecule has 0 aliphatic rings. The molecule has 1 rings (SSSR count). The average molecular weight is 289 g/mol. The summed E-state index contributed by atoms with van der Waals surface area (Å²) in [7, 11) is 1.49. The molecule has 1 aromatic carbocycles. The van der Waals surface area contributed by atoms with Crippen LogP contribution in [0.25, 0.3) is 0 Å². The van der Waals surface area contributed by atoms with Gasteiger partial charge in [0.25, 0.3) is 0 Å². The van der Waals surface area contributed by atoms with Crippen LogP contribution in [0.5, 0.6) is 0 Å². The van der Waals surface area contributed by atoms with Crippen LogP contribution in [0.15, 0.2) is 12.1 Å². The van der Waals surface area contributed by atoms with Gasteiger partial charge in [-0.3, -0.25) is 0 Å². The predicted molar refractivity (Wildman–Crippen MR) is 68.9 cm³/mol. The standard InChI is InChI=1S/C13H17F2NO4/c1-13(19,5-6-20-2)7-16-9-4-3-8(12(17)18)10(14)11(9)15/h3-4,16,19H,5-7H2,1-2H3,(H,17,18). The van der Waals surface area contributed by atoms with Crippen molar-refractivity contribution in [2.75, 3.05) is 25.6 Å². The SMILES string of the molecule is COCCC(C)(O)CNc1ccc(C(=O)O)c(F)c1F. The first-order valence-electron chi connectivity index (χ1n) is 5.95. The largest absolute Gasteiger partial charge is 0.478 e. The molecular weight excluding hydrogens is 272 g/mol. The van der Waals surface area contributed by atoms with Crippen molar-refractivity contribution >= 4 is 11.7 Å². The zero-order valence-corrected chi connectivity index (χ0v) is 11.2. The van der Waals surface area contributed by atoms with E-state index in [-0.39, 0.29) is 12.2 Å². The molecule has 0 amide bonds. The molecule has 0 heterocycles. The Labute approximate surface area is 115 Å². The smallest absolute Gasteiger partial charge is 0.338 e. The Balaban J connectivity index is 2.79. The molecule has 0 aliphatic carbocycles. The topological polar surface area (TPSA) is 78.8 Å². The number of carboxylic acids is 1. The number of rotatable bonds is 7. The summed E-state index contributed by atoms with van der Waals surface area (Å²) in [5.41, 5.74) is -2.10. The van der Waals surface area contributed by atoms with Crippen molar-refractivity contribution in [3.8, 4) is 0 Å². The first kappa shape index (κ1) is 16.3. The predicted octanol–water partition coefficient (Wildman–Crippen LogP) is 1.86. The number of nitrogens with one attached hydrogen (secondary N) is 1. The Hall–Kier alpha value is -1.73. The van der Waals surface area contributed by atoms with Gasteiger partial charge >= 0.3 is 5.97 Å². The zero-order chi connectivity index (χ0) is 15.3. The lowest BCUT2D eigenvalue weighted by Gasteiger charge is -2.24. The molecular formula is C13H17F2NO4. The van der Waals surface area contributed by atoms with Crippen molar-refractivity contribution in [1.29, 1.82) is 0 Å². The van der Waals surface area contributed by atoms with Crippen molar-refractivity contribution in [1.82, 2.24) is 0 Å². The number of aromatic carboxylic acids is 1. The van der Waals surface area contributed by atoms with Gasteiger partial charge in [-0.15, -0.1) is 0 Å². The van der Waals surface area contributed by atoms with Gasteiger partial charge in [0.15, 0.2) is 11.6 Å². The summed E-state index contributed by atoms with van der Waals surface area (Å²) in [5, 5.41) is 21.2. The highest BCUT2D eigenvalue weighted by Crippen LogP contribution is 2.22. The maximum Gasteiger partial charge on any atom is 0.338 e. The molecule has 0 aliphatic heterocycles. The Morgan fingerprint density at radius 2 is 2.05 bits per heavy atom. The van der Waals surface area contributed by atoms with Crippen molar-refractivity contribution in [2.24, 2.45) is 0 Å². The van der Waals surface area contributed by atoms with E-state index in [1.807, 2.05) is 0 Å². The van der Waals surface area contributed by atoms with Crippen LogP contribution < -0.4 is 5.32 Å². The molecule has 7 heteroatoms. The molecule has 0 radical (unpaired) electrons. The van der Waals surface area contributed by atoms with Gasteiger partial charge in [0, 0.05) is 26.7 Å². The Morgan fingerprint density at radius 1 is 1.40 bits per heavy atom. The number of aliphatic hydroxyl groups is 1. The second-order valence-electron chi connectivity index (χ2n) is 4.69. The first-order chi connectivity index (χ1) is 9.28. The van der Waals surface area contributed by atoms with Crippen molar-refractivity contribution in [3.05, 3.63) is 29.3 Å². The lowest BCUT2D eigenvalue weighted by atomic mass is 10.0. The van der Waals surface area contributed by atoms with Gasteiger partial charge in [0.1, 0.15) is 0 Å². The van der Waals surface area contributed by atoms with Gasteiger partial charge in [0.05, 0.1) is 16.9 Å². The summed E-state index contributed by atoms with van der Waals surface area (Å²) in [6.07, 6.45) is 0.313. The monoisotopic (exact) mass is 289 g/mol. The number of carboxylic acid groups (broad SMARTS) is 1. The average Bonchev–Trinajstić information content (AvgIpc) is 2.38. The first-order valence-corrected chi connectivity index (χ1v) is 5.95. The Morgan fingerprint density at radius 3 is 2.60 bits per heavy atom. The molecule has 0 fully saturated rings. The molecule has 1 aromatic rings. The summed E-state index contributed by atoms with van der Waals surface area (Å²) in [6.45, 7) is 1.82. The van der Waals surface area contributed by atoms with Gasteiger partial charge in [-0.1, -0.05) is 0 Å². The molecule has 0 bridgehead atoms. The van der Waals surface area contributed by atoms with E-state index in [9.17, 15) is 18.7 Å². The number of methoxy groups -OCH3 is 1. The maximum absolute atomic E-state index is 13.6. The normalized spacial score (nSPS) is 13.8. The van der Waals surface area contributed by atoms with Crippen molar-refractivity contribution in [2.45, 2.75) is 18.9 Å². The fourth-order valence-electron chi connectivity index (χ4n) is 1.55. The quantitative estimate of drug-likeness (QED) is 0.714. The van der Waals surface area contributed by atoms with E-state index < -0.39 is 28.8 Å². The minimum absolute atomic E-state index is 0.0286. The number of ether oxygens (including phenoxy) is 1. The van der Waals surface area contributed by atoms with E-state index in [1.54, 1.807) is 0 Å². The molecule has 0 aromatic heterocycles. The third-order valence-electron chi connectivity index (χ3n) is 2.82. The van der Waals surface area contributed by atoms with E-state index in [0.29, 0.717) is 13.0 Å². The minimum Gasteiger partial charge on any atom is -0.478 e. The lowest BCUT2D eigenvalue weighted by molar-refractivity contribution is 0.0357. The van der Waals surface area contributed by atoms with Gasteiger partial charge in [-0.05, 0) is 19.1 Å². The number of hydrogen-bond acceptors (Lipinski definition) is 4. The highest BCUT2D eigenvalue weighted by molar-refractivity contribution is 5.88. The Kier molecular flexibility index (Phi) is 5.41. The van der Waals surface area contributed by atoms with Crippen LogP contribution in [-0.2, 0) is 4.74 Å².